The first-order valence-corrected chi connectivity index (χ1v) is 28.8. The highest BCUT2D eigenvalue weighted by Crippen LogP contribution is 2.16. The number of aliphatic hydroxyl groups is 2. The standard InChI is InChI=1S/C62H111NO3/c1-3-5-7-9-11-13-15-17-19-21-23-25-27-28-29-30-31-32-33-34-36-38-40-42-44-46-48-50-52-54-56-58-62(66)63-60(59-64)61(65)57-55-53-51-49-47-45-43-41-39-37-35-26-24-22-20-18-16-14-12-10-8-6-4-2/h5,7,11,13,17,19,23,25,39,41,47,49,55,57,60-61,64-65H,3-4,6,8-10,12,14-16,18,20-22,24,26-38,40,42-46,48,50-54,56,58-59H2,1-2H3,(H,63,66)/b7-5-,13-11-,19-17-,25-23-,41-39+,49-47+,57-55+. The minimum atomic E-state index is -0.874. The maximum absolute atomic E-state index is 12.5. The van der Waals surface area contributed by atoms with E-state index in [1.807, 2.05) is 6.08 Å². The van der Waals surface area contributed by atoms with Crippen molar-refractivity contribution in [1.82, 2.24) is 5.32 Å². The van der Waals surface area contributed by atoms with Crippen LogP contribution >= 0.6 is 0 Å². The fraction of sp³-hybridized carbons (Fsp3) is 0.758. The molecule has 4 heteroatoms. The van der Waals surface area contributed by atoms with Crippen molar-refractivity contribution in [3.8, 4) is 0 Å². The smallest absolute Gasteiger partial charge is 0.220 e. The second-order valence-electron chi connectivity index (χ2n) is 19.3. The Morgan fingerprint density at radius 1 is 0.379 bits per heavy atom. The third-order valence-electron chi connectivity index (χ3n) is 12.8. The zero-order valence-electron chi connectivity index (χ0n) is 43.9. The number of allylic oxidation sites excluding steroid dienone is 13. The van der Waals surface area contributed by atoms with E-state index in [1.54, 1.807) is 6.08 Å². The van der Waals surface area contributed by atoms with Crippen molar-refractivity contribution >= 4 is 5.91 Å². The molecule has 0 aliphatic heterocycles. The Morgan fingerprint density at radius 3 is 1.06 bits per heavy atom. The maximum atomic E-state index is 12.5. The number of hydrogen-bond donors (Lipinski definition) is 3. The number of nitrogens with one attached hydrogen (secondary N) is 1. The fourth-order valence-corrected chi connectivity index (χ4v) is 8.50. The van der Waals surface area contributed by atoms with Crippen molar-refractivity contribution in [2.45, 2.75) is 296 Å². The van der Waals surface area contributed by atoms with Crippen LogP contribution in [0.4, 0.5) is 0 Å². The number of carbonyl (C=O) groups excluding carboxylic acids is 1. The van der Waals surface area contributed by atoms with Gasteiger partial charge in [0.25, 0.3) is 0 Å². The Hall–Kier alpha value is -2.43. The first-order chi connectivity index (χ1) is 32.7. The molecular formula is C62H111NO3. The summed E-state index contributed by atoms with van der Waals surface area (Å²) in [4.78, 5) is 12.5. The molecule has 1 amide bonds. The van der Waals surface area contributed by atoms with Gasteiger partial charge in [-0.15, -0.1) is 0 Å². The van der Waals surface area contributed by atoms with Gasteiger partial charge in [-0.25, -0.2) is 0 Å². The second kappa shape index (κ2) is 56.9. The predicted molar refractivity (Wildman–Crippen MR) is 294 cm³/mol. The Morgan fingerprint density at radius 2 is 0.682 bits per heavy atom. The van der Waals surface area contributed by atoms with Crippen molar-refractivity contribution in [1.29, 1.82) is 0 Å². The summed E-state index contributed by atoms with van der Waals surface area (Å²) in [5.41, 5.74) is 0. The van der Waals surface area contributed by atoms with Crippen molar-refractivity contribution in [3.63, 3.8) is 0 Å². The highest BCUT2D eigenvalue weighted by atomic mass is 16.3. The van der Waals surface area contributed by atoms with Crippen LogP contribution in [0.3, 0.4) is 0 Å². The lowest BCUT2D eigenvalue weighted by molar-refractivity contribution is -0.123. The van der Waals surface area contributed by atoms with Crippen molar-refractivity contribution in [2.75, 3.05) is 6.61 Å². The monoisotopic (exact) mass is 918 g/mol. The molecule has 4 nitrogen and oxygen atoms in total. The Bertz CT molecular complexity index is 1180. The van der Waals surface area contributed by atoms with Gasteiger partial charge < -0.3 is 15.5 Å². The summed E-state index contributed by atoms with van der Waals surface area (Å²) in [7, 11) is 0. The maximum Gasteiger partial charge on any atom is 0.220 e. The van der Waals surface area contributed by atoms with Gasteiger partial charge in [0.1, 0.15) is 0 Å². The average Bonchev–Trinajstić information content (AvgIpc) is 3.32. The van der Waals surface area contributed by atoms with Crippen LogP contribution in [-0.4, -0.2) is 34.9 Å². The normalized spacial score (nSPS) is 13.5. The van der Waals surface area contributed by atoms with Crippen LogP contribution in [0.15, 0.2) is 85.1 Å². The Kier molecular flexibility index (Phi) is 54.8. The van der Waals surface area contributed by atoms with Gasteiger partial charge in [-0.05, 0) is 83.5 Å². The molecule has 0 radical (unpaired) electrons. The SMILES string of the molecule is CC/C=C\C/C=C\C/C=C\C/C=C\CCCCCCCCCCCCCCCCCCCCC(=O)NC(CO)C(O)/C=C/CC/C=C/CC/C=C/CCCCCCCCCCCCCCC. The summed E-state index contributed by atoms with van der Waals surface area (Å²) in [5, 5.41) is 23.2. The lowest BCUT2D eigenvalue weighted by atomic mass is 10.0. The van der Waals surface area contributed by atoms with Crippen LogP contribution in [0.1, 0.15) is 284 Å². The summed E-state index contributed by atoms with van der Waals surface area (Å²) in [5.74, 6) is -0.0768. The highest BCUT2D eigenvalue weighted by molar-refractivity contribution is 5.76. The number of unbranched alkanes of at least 4 members (excludes halogenated alkanes) is 33. The topological polar surface area (TPSA) is 69.6 Å². The van der Waals surface area contributed by atoms with Gasteiger partial charge >= 0.3 is 0 Å². The van der Waals surface area contributed by atoms with Crippen LogP contribution in [0.25, 0.3) is 0 Å². The molecule has 0 aromatic rings. The zero-order valence-corrected chi connectivity index (χ0v) is 43.9. The van der Waals surface area contributed by atoms with E-state index in [-0.39, 0.29) is 12.5 Å². The van der Waals surface area contributed by atoms with Gasteiger partial charge in [-0.1, -0.05) is 279 Å². The second-order valence-corrected chi connectivity index (χ2v) is 19.3. The summed E-state index contributed by atoms with van der Waals surface area (Å²) >= 11 is 0. The number of hydrogen-bond acceptors (Lipinski definition) is 3. The number of rotatable bonds is 52. The Balaban J connectivity index is 3.54. The van der Waals surface area contributed by atoms with Gasteiger partial charge in [0, 0.05) is 6.42 Å². The summed E-state index contributed by atoms with van der Waals surface area (Å²) in [6, 6.07) is -0.649. The molecule has 2 unspecified atom stereocenters. The molecule has 2 atom stereocenters. The Labute approximate surface area is 411 Å². The minimum Gasteiger partial charge on any atom is -0.394 e. The first kappa shape index (κ1) is 63.6. The van der Waals surface area contributed by atoms with Crippen molar-refractivity contribution in [3.05, 3.63) is 85.1 Å². The van der Waals surface area contributed by atoms with Crippen molar-refractivity contribution in [2.24, 2.45) is 0 Å². The molecule has 66 heavy (non-hydrogen) atoms. The first-order valence-electron chi connectivity index (χ1n) is 28.8. The molecule has 0 aromatic heterocycles. The van der Waals surface area contributed by atoms with Crippen molar-refractivity contribution < 1.29 is 15.0 Å². The quantitative estimate of drug-likeness (QED) is 0.0421. The van der Waals surface area contributed by atoms with Crippen LogP contribution < -0.4 is 5.32 Å². The molecule has 0 aliphatic carbocycles. The van der Waals surface area contributed by atoms with Gasteiger partial charge in [-0.2, -0.15) is 0 Å². The highest BCUT2D eigenvalue weighted by Gasteiger charge is 2.18. The molecule has 0 aliphatic rings. The van der Waals surface area contributed by atoms with Gasteiger partial charge in [-0.3, -0.25) is 4.79 Å². The van der Waals surface area contributed by atoms with E-state index >= 15 is 0 Å². The molecule has 0 rings (SSSR count). The van der Waals surface area contributed by atoms with Gasteiger partial charge in [0.15, 0.2) is 0 Å². The molecule has 0 saturated carbocycles. The molecule has 382 valence electrons. The van der Waals surface area contributed by atoms with E-state index in [9.17, 15) is 15.0 Å². The molecule has 0 spiro atoms. The molecule has 0 fully saturated rings. The average molecular weight is 919 g/mol. The molecular weight excluding hydrogens is 807 g/mol. The number of amides is 1. The van der Waals surface area contributed by atoms with Gasteiger partial charge in [0.2, 0.25) is 5.91 Å². The van der Waals surface area contributed by atoms with Crippen LogP contribution in [0.2, 0.25) is 0 Å². The van der Waals surface area contributed by atoms with E-state index < -0.39 is 12.1 Å². The molecule has 0 heterocycles. The summed E-state index contributed by atoms with van der Waals surface area (Å²) in [6.45, 7) is 4.20. The van der Waals surface area contributed by atoms with Crippen LogP contribution in [0.5, 0.6) is 0 Å². The summed E-state index contributed by atoms with van der Waals surface area (Å²) in [6.07, 6.45) is 83.2. The largest absolute Gasteiger partial charge is 0.394 e. The number of carbonyl (C=O) groups is 1. The lowest BCUT2D eigenvalue weighted by Gasteiger charge is -2.19. The minimum absolute atomic E-state index is 0.0768. The molecule has 3 N–H and O–H groups in total. The van der Waals surface area contributed by atoms with E-state index in [0.717, 1.165) is 64.2 Å². The zero-order chi connectivity index (χ0) is 47.7. The fourth-order valence-electron chi connectivity index (χ4n) is 8.50. The van der Waals surface area contributed by atoms with E-state index in [1.165, 1.54) is 199 Å². The third-order valence-corrected chi connectivity index (χ3v) is 12.8. The molecule has 0 aromatic carbocycles. The van der Waals surface area contributed by atoms with E-state index in [0.29, 0.717) is 6.42 Å². The number of aliphatic hydroxyl groups excluding tert-OH is 2. The van der Waals surface area contributed by atoms with Gasteiger partial charge in [0.05, 0.1) is 18.8 Å². The van der Waals surface area contributed by atoms with E-state index in [4.69, 9.17) is 0 Å². The molecule has 0 bridgehead atoms. The van der Waals surface area contributed by atoms with Crippen LogP contribution in [0, 0.1) is 0 Å². The van der Waals surface area contributed by atoms with E-state index in [2.05, 4.69) is 92.1 Å². The predicted octanol–water partition coefficient (Wildman–Crippen LogP) is 19.1. The lowest BCUT2D eigenvalue weighted by Crippen LogP contribution is -2.45. The third kappa shape index (κ3) is 52.5. The molecule has 0 saturated heterocycles. The summed E-state index contributed by atoms with van der Waals surface area (Å²) < 4.78 is 0. The van der Waals surface area contributed by atoms with Crippen LogP contribution in [-0.2, 0) is 4.79 Å².